The molecule has 2 atom stereocenters. The highest BCUT2D eigenvalue weighted by Crippen LogP contribution is 2.40. The number of carbonyl (C=O) groups is 4. The van der Waals surface area contributed by atoms with E-state index in [1.807, 2.05) is 139 Å². The third-order valence-electron chi connectivity index (χ3n) is 16.1. The van der Waals surface area contributed by atoms with E-state index < -0.39 is 21.8 Å². The van der Waals surface area contributed by atoms with E-state index in [1.165, 1.54) is 39.4 Å². The summed E-state index contributed by atoms with van der Waals surface area (Å²) in [7, 11) is 2.70. The van der Waals surface area contributed by atoms with Crippen molar-refractivity contribution in [3.05, 3.63) is 196 Å². The maximum Gasteiger partial charge on any atom is 0.330 e. The number of ether oxygens (including phenoxy) is 7. The van der Waals surface area contributed by atoms with Crippen LogP contribution in [0.4, 0.5) is 28.8 Å². The van der Waals surface area contributed by atoms with Crippen LogP contribution in [0.3, 0.4) is 0 Å². The number of halogens is 2. The Morgan fingerprint density at radius 1 is 0.618 bits per heavy atom. The molecule has 0 amide bonds. The molecule has 0 radical (unpaired) electrons. The molecule has 0 aliphatic carbocycles. The second kappa shape index (κ2) is 51.9. The van der Waals surface area contributed by atoms with Crippen LogP contribution in [0.15, 0.2) is 141 Å². The topological polar surface area (TPSA) is 330 Å². The van der Waals surface area contributed by atoms with Crippen LogP contribution in [0, 0.1) is 20.2 Å². The average molecular weight is 1610 g/mol. The number of unbranched alkanes of at least 4 members (excludes halogenated alkanes) is 2. The zero-order valence-corrected chi connectivity index (χ0v) is 68.6. The molecule has 4 N–H and O–H groups in total. The summed E-state index contributed by atoms with van der Waals surface area (Å²) in [6, 6.07) is 30.1. The number of para-hydroxylation sites is 4. The number of nitrogen functional groups attached to an aromatic ring is 1. The lowest BCUT2D eigenvalue weighted by Crippen LogP contribution is -2.09. The lowest BCUT2D eigenvalue weighted by atomic mass is 9.93. The number of rotatable bonds is 35. The average Bonchev–Trinajstić information content (AvgIpc) is 0.878. The van der Waals surface area contributed by atoms with Gasteiger partial charge in [-0.1, -0.05) is 145 Å². The number of carbonyl (C=O) groups excluding carboxylic acids is 3. The number of aliphatic carboxylic acids is 1. The number of nitrogens with zero attached hydrogens (tertiary/aromatic N) is 4. The summed E-state index contributed by atoms with van der Waals surface area (Å²) in [6.45, 7) is 27.6. The number of methoxy groups -OCH3 is 2. The smallest absolute Gasteiger partial charge is 0.330 e. The number of carboxylic acids is 1. The third kappa shape index (κ3) is 32.9. The number of hydrogen-bond acceptors (Lipinski definition) is 21. The third-order valence-corrected chi connectivity index (χ3v) is 16.7. The Labute approximate surface area is 659 Å². The molecule has 598 valence electrons. The van der Waals surface area contributed by atoms with Crippen molar-refractivity contribution in [3.8, 4) is 23.0 Å². The van der Waals surface area contributed by atoms with E-state index in [0.29, 0.717) is 96.5 Å². The van der Waals surface area contributed by atoms with Crippen molar-refractivity contribution in [2.24, 2.45) is 0 Å². The minimum Gasteiger partial charge on any atom is -0.491 e. The molecule has 0 aliphatic heterocycles. The number of oxazole rings is 2. The molecule has 0 aliphatic rings. The van der Waals surface area contributed by atoms with Crippen molar-refractivity contribution in [1.29, 1.82) is 0 Å². The normalized spacial score (nSPS) is 11.4. The number of hydrogen-bond donors (Lipinski definition) is 3. The zero-order valence-electron chi connectivity index (χ0n) is 66.2. The lowest BCUT2D eigenvalue weighted by molar-refractivity contribution is -0.386. The Hall–Kier alpha value is -10.3. The maximum absolute atomic E-state index is 11.5. The molecule has 24 nitrogen and oxygen atoms in total. The SMILES string of the molecule is C/C=C/Cc1cc(/C(C)=C/C(=O)OC)cc([N+](=O)[O-])c1OCCC.C/C=C/Cc1cc(Br)cc([N+](=O)[O-])c1OCCC.CCCCc1cc(C(C)CC(=O)O)cc(Nc2nc3ccccc3o2)c1OCCC.CCCCc1cc(C(C)CC(=O)OC)cc(N)c1OCCC.CCOC(C)=O.Clc1nc2ccccc2o1. The number of nitro benzene ring substituents is 2. The van der Waals surface area contributed by atoms with Gasteiger partial charge in [0.15, 0.2) is 11.2 Å². The summed E-state index contributed by atoms with van der Waals surface area (Å²) < 4.78 is 48.4. The molecule has 2 aromatic heterocycles. The number of allylic oxidation sites excluding steroid dienone is 5. The Balaban J connectivity index is 0.000000359. The van der Waals surface area contributed by atoms with Crippen molar-refractivity contribution in [2.75, 3.05) is 58.3 Å². The fraction of sp³-hybridized carbons (Fsp3) is 0.429. The molecular weight excluding hydrogens is 1500 g/mol. The van der Waals surface area contributed by atoms with Crippen LogP contribution in [0.25, 0.3) is 27.8 Å². The molecule has 0 spiro atoms. The molecule has 0 saturated carbocycles. The van der Waals surface area contributed by atoms with E-state index in [0.717, 1.165) is 126 Å². The van der Waals surface area contributed by atoms with Crippen molar-refractivity contribution in [3.63, 3.8) is 0 Å². The molecule has 0 bridgehead atoms. The van der Waals surface area contributed by atoms with Gasteiger partial charge in [-0.15, -0.1) is 0 Å². The van der Waals surface area contributed by atoms with Gasteiger partial charge in [-0.3, -0.25) is 34.6 Å². The van der Waals surface area contributed by atoms with Gasteiger partial charge in [0.05, 0.1) is 81.3 Å². The van der Waals surface area contributed by atoms with E-state index in [2.05, 4.69) is 80.5 Å². The van der Waals surface area contributed by atoms with Crippen LogP contribution >= 0.6 is 27.5 Å². The number of nitrogens with two attached hydrogens (primary N) is 1. The maximum atomic E-state index is 11.5. The molecule has 8 aromatic rings. The van der Waals surface area contributed by atoms with Crippen LogP contribution in [0.2, 0.25) is 5.35 Å². The van der Waals surface area contributed by atoms with E-state index in [-0.39, 0.29) is 52.7 Å². The summed E-state index contributed by atoms with van der Waals surface area (Å²) in [5.74, 6) is 0.502. The fourth-order valence-corrected chi connectivity index (χ4v) is 11.2. The first-order valence-electron chi connectivity index (χ1n) is 37.1. The first kappa shape index (κ1) is 93.9. The predicted octanol–water partition coefficient (Wildman–Crippen LogP) is 21.7. The minimum absolute atomic E-state index is 0.0114. The number of benzene rings is 6. The van der Waals surface area contributed by atoms with Crippen LogP contribution in [-0.4, -0.2) is 96.1 Å². The summed E-state index contributed by atoms with van der Waals surface area (Å²) in [6.07, 6.45) is 20.0. The van der Waals surface area contributed by atoms with Crippen molar-refractivity contribution < 1.29 is 76.1 Å². The molecule has 110 heavy (non-hydrogen) atoms. The van der Waals surface area contributed by atoms with Gasteiger partial charge in [-0.2, -0.15) is 9.97 Å². The van der Waals surface area contributed by atoms with Gasteiger partial charge in [0, 0.05) is 40.7 Å². The Morgan fingerprint density at radius 3 is 1.56 bits per heavy atom. The van der Waals surface area contributed by atoms with Gasteiger partial charge in [0.2, 0.25) is 11.5 Å². The number of anilines is 3. The van der Waals surface area contributed by atoms with Gasteiger partial charge in [-0.25, -0.2) is 4.79 Å². The minimum atomic E-state index is -0.808. The highest BCUT2D eigenvalue weighted by atomic mass is 79.9. The number of aryl methyl sites for hydroxylation is 2. The Kier molecular flexibility index (Phi) is 44.4. The Morgan fingerprint density at radius 2 is 1.10 bits per heavy atom. The number of nitrogens with one attached hydrogen (secondary N) is 1. The fourth-order valence-electron chi connectivity index (χ4n) is 10.6. The number of fused-ring (bicyclic) bond motifs is 2. The predicted molar refractivity (Wildman–Crippen MR) is 439 cm³/mol. The van der Waals surface area contributed by atoms with E-state index >= 15 is 0 Å². The molecule has 0 saturated heterocycles. The molecular formula is C84H110BrClN6O18. The van der Waals surface area contributed by atoms with Gasteiger partial charge in [-0.05, 0) is 197 Å². The quantitative estimate of drug-likeness (QED) is 0.00632. The summed E-state index contributed by atoms with van der Waals surface area (Å²) in [5.41, 5.74) is 17.5. The van der Waals surface area contributed by atoms with Crippen molar-refractivity contribution in [2.45, 2.75) is 192 Å². The lowest BCUT2D eigenvalue weighted by Gasteiger charge is -2.20. The van der Waals surface area contributed by atoms with Crippen LogP contribution < -0.4 is 30.0 Å². The number of carboxylic acid groups (broad SMARTS) is 1. The van der Waals surface area contributed by atoms with E-state index in [1.54, 1.807) is 13.8 Å². The monoisotopic (exact) mass is 1600 g/mol. The van der Waals surface area contributed by atoms with E-state index in [9.17, 15) is 44.5 Å². The summed E-state index contributed by atoms with van der Waals surface area (Å²) in [4.78, 5) is 74.0. The van der Waals surface area contributed by atoms with Crippen LogP contribution in [0.1, 0.15) is 205 Å². The summed E-state index contributed by atoms with van der Waals surface area (Å²) in [5, 5.41) is 35.2. The summed E-state index contributed by atoms with van der Waals surface area (Å²) >= 11 is 8.80. The van der Waals surface area contributed by atoms with Gasteiger partial charge in [0.25, 0.3) is 11.4 Å². The van der Waals surface area contributed by atoms with Crippen LogP contribution in [0.5, 0.6) is 23.0 Å². The molecule has 2 unspecified atom stereocenters. The molecule has 8 rings (SSSR count). The zero-order chi connectivity index (χ0) is 81.7. The second-order valence-electron chi connectivity index (χ2n) is 25.2. The standard InChI is InChI=1S/C24H30N2O4.C18H23NO5.C18H29NO3.C13H16BrNO3.C7H4ClNO.C4H8O2/c1-4-6-9-17-14-18(16(3)13-22(27)28)15-20(23(17)29-12-5-2)26-24-25-19-10-7-8-11-21(19)30-24;1-5-7-8-14-11-15(13(3)10-17(20)23-4)12-16(19(21)22)18(14)24-9-6-2;1-5-7-8-14-11-15(13(3)10-17(20)21-4)12-16(19)18(14)22-9-6-2;1-3-5-6-10-8-11(14)9-12(15(16)17)13(10)18-7-4-2;8-7-9-5-3-1-2-4-6(5)10-7;1-3-6-4(2)5/h7-8,10-11,14-16H,4-6,9,12-13H2,1-3H3,(H,25,26)(H,27,28);5,7,10-12H,6,8-9H2,1-4H3;11-13H,5-10,19H2,1-4H3;3,5,8-9H,4,6-7H2,1-2H3;1-4H;3H2,1-2H3/b;7-5+,13-10+;;5-3+;;. The highest BCUT2D eigenvalue weighted by Gasteiger charge is 2.25. The first-order chi connectivity index (χ1) is 52.7. The number of esters is 3. The molecule has 26 heteroatoms. The van der Waals surface area contributed by atoms with Crippen LogP contribution in [-0.2, 0) is 59.1 Å². The van der Waals surface area contributed by atoms with Gasteiger partial charge < -0.3 is 58.1 Å². The number of aromatic nitrogens is 2. The Bertz CT molecular complexity index is 4240. The van der Waals surface area contributed by atoms with Gasteiger partial charge >= 0.3 is 35.3 Å². The van der Waals surface area contributed by atoms with Crippen molar-refractivity contribution in [1.82, 2.24) is 9.97 Å². The van der Waals surface area contributed by atoms with E-state index in [4.69, 9.17) is 49.9 Å². The number of nitro groups is 2. The van der Waals surface area contributed by atoms with Gasteiger partial charge in [0.1, 0.15) is 22.5 Å². The second-order valence-corrected chi connectivity index (χ2v) is 26.5. The highest BCUT2D eigenvalue weighted by molar-refractivity contribution is 9.10. The molecule has 0 fully saturated rings. The van der Waals surface area contributed by atoms with Crippen molar-refractivity contribution >= 4 is 108 Å². The largest absolute Gasteiger partial charge is 0.491 e. The first-order valence-corrected chi connectivity index (χ1v) is 38.3. The molecule has 2 heterocycles. The molecule has 6 aromatic carbocycles.